The largest absolute Gasteiger partial charge is 0.486 e. The molecule has 0 radical (unpaired) electrons. The molecule has 2 aliphatic rings. The average molecular weight is 497 g/mol. The van der Waals surface area contributed by atoms with Crippen LogP contribution < -0.4 is 14.8 Å². The summed E-state index contributed by atoms with van der Waals surface area (Å²) in [5, 5.41) is 3.09. The first kappa shape index (κ1) is 23.8. The SMILES string of the molecule is CC(NC(=O)C1CCN(S(=O)(=O)Cc2c(F)cccc2Cl)CC1)c1ccc2c(c1)OCCO2. The van der Waals surface area contributed by atoms with Crippen LogP contribution in [0.3, 0.4) is 0 Å². The molecule has 10 heteroatoms. The van der Waals surface area contributed by atoms with E-state index in [2.05, 4.69) is 5.32 Å². The molecule has 0 aliphatic carbocycles. The molecule has 1 fully saturated rings. The van der Waals surface area contributed by atoms with Gasteiger partial charge in [-0.2, -0.15) is 0 Å². The fraction of sp³-hybridized carbons (Fsp3) is 0.435. The van der Waals surface area contributed by atoms with Crippen molar-refractivity contribution in [3.8, 4) is 11.5 Å². The highest BCUT2D eigenvalue weighted by Gasteiger charge is 2.32. The van der Waals surface area contributed by atoms with Crippen molar-refractivity contribution < 1.29 is 27.1 Å². The van der Waals surface area contributed by atoms with E-state index >= 15 is 0 Å². The molecule has 178 valence electrons. The summed E-state index contributed by atoms with van der Waals surface area (Å²) in [6, 6.07) is 9.44. The molecule has 0 spiro atoms. The molecule has 0 aromatic heterocycles. The minimum atomic E-state index is -3.75. The molecular formula is C23H26ClFN2O5S. The first-order chi connectivity index (χ1) is 15.7. The highest BCUT2D eigenvalue weighted by Crippen LogP contribution is 2.33. The van der Waals surface area contributed by atoms with Crippen molar-refractivity contribution in [3.05, 3.63) is 58.4 Å². The van der Waals surface area contributed by atoms with E-state index in [1.54, 1.807) is 0 Å². The number of fused-ring (bicyclic) bond motifs is 1. The predicted molar refractivity (Wildman–Crippen MR) is 122 cm³/mol. The molecule has 1 N–H and O–H groups in total. The number of nitrogens with one attached hydrogen (secondary N) is 1. The van der Waals surface area contributed by atoms with Gasteiger partial charge < -0.3 is 14.8 Å². The average Bonchev–Trinajstić information content (AvgIpc) is 2.81. The topological polar surface area (TPSA) is 84.9 Å². The van der Waals surface area contributed by atoms with Crippen LogP contribution >= 0.6 is 11.6 Å². The minimum Gasteiger partial charge on any atom is -0.486 e. The fourth-order valence-electron chi connectivity index (χ4n) is 4.08. The highest BCUT2D eigenvalue weighted by atomic mass is 35.5. The van der Waals surface area contributed by atoms with Crippen molar-refractivity contribution >= 4 is 27.5 Å². The van der Waals surface area contributed by atoms with E-state index in [0.29, 0.717) is 37.6 Å². The van der Waals surface area contributed by atoms with Gasteiger partial charge in [0.1, 0.15) is 19.0 Å². The van der Waals surface area contributed by atoms with Gasteiger partial charge in [-0.3, -0.25) is 4.79 Å². The molecule has 0 saturated carbocycles. The lowest BCUT2D eigenvalue weighted by atomic mass is 9.96. The maximum atomic E-state index is 14.0. The molecule has 0 bridgehead atoms. The number of rotatable bonds is 6. The van der Waals surface area contributed by atoms with Gasteiger partial charge in [-0.15, -0.1) is 0 Å². The van der Waals surface area contributed by atoms with E-state index in [0.717, 1.165) is 5.56 Å². The number of piperidine rings is 1. The van der Waals surface area contributed by atoms with E-state index in [4.69, 9.17) is 21.1 Å². The number of nitrogens with zero attached hydrogens (tertiary/aromatic N) is 1. The molecular weight excluding hydrogens is 471 g/mol. The Labute approximate surface area is 197 Å². The van der Waals surface area contributed by atoms with Crippen LogP contribution in [0.1, 0.15) is 36.9 Å². The van der Waals surface area contributed by atoms with Crippen LogP contribution in [0.4, 0.5) is 4.39 Å². The number of carbonyl (C=O) groups is 1. The van der Waals surface area contributed by atoms with Gasteiger partial charge in [0.25, 0.3) is 0 Å². The van der Waals surface area contributed by atoms with E-state index in [-0.39, 0.29) is 41.5 Å². The smallest absolute Gasteiger partial charge is 0.223 e. The van der Waals surface area contributed by atoms with Crippen molar-refractivity contribution in [3.63, 3.8) is 0 Å². The lowest BCUT2D eigenvalue weighted by Crippen LogP contribution is -2.43. The third kappa shape index (κ3) is 5.42. The zero-order valence-corrected chi connectivity index (χ0v) is 19.8. The second kappa shape index (κ2) is 9.87. The molecule has 1 amide bonds. The van der Waals surface area contributed by atoms with Gasteiger partial charge in [0.2, 0.25) is 15.9 Å². The highest BCUT2D eigenvalue weighted by molar-refractivity contribution is 7.88. The summed E-state index contributed by atoms with van der Waals surface area (Å²) in [6.07, 6.45) is 0.786. The summed E-state index contributed by atoms with van der Waals surface area (Å²) in [7, 11) is -3.75. The Kier molecular flexibility index (Phi) is 7.11. The van der Waals surface area contributed by atoms with Crippen LogP contribution in [0, 0.1) is 11.7 Å². The van der Waals surface area contributed by atoms with E-state index in [1.165, 1.54) is 22.5 Å². The Bertz CT molecular complexity index is 1120. The fourth-order valence-corrected chi connectivity index (χ4v) is 6.00. The summed E-state index contributed by atoms with van der Waals surface area (Å²) in [5.74, 6) is -0.216. The van der Waals surface area contributed by atoms with Gasteiger partial charge in [0.05, 0.1) is 11.8 Å². The van der Waals surface area contributed by atoms with Crippen LogP contribution in [0.2, 0.25) is 5.02 Å². The lowest BCUT2D eigenvalue weighted by Gasteiger charge is -2.31. The predicted octanol–water partition coefficient (Wildman–Crippen LogP) is 3.67. The number of sulfonamides is 1. The van der Waals surface area contributed by atoms with Crippen LogP contribution in [-0.2, 0) is 20.6 Å². The van der Waals surface area contributed by atoms with Crippen molar-refractivity contribution in [2.24, 2.45) is 5.92 Å². The first-order valence-corrected chi connectivity index (χ1v) is 12.8. The van der Waals surface area contributed by atoms with Crippen molar-refractivity contribution in [2.45, 2.75) is 31.6 Å². The summed E-state index contributed by atoms with van der Waals surface area (Å²) in [6.45, 7) is 3.29. The zero-order chi connectivity index (χ0) is 23.6. The summed E-state index contributed by atoms with van der Waals surface area (Å²) in [4.78, 5) is 12.8. The summed E-state index contributed by atoms with van der Waals surface area (Å²) < 4.78 is 52.1. The molecule has 1 unspecified atom stereocenters. The number of benzene rings is 2. The molecule has 2 aromatic rings. The normalized spacial score (nSPS) is 18.0. The molecule has 1 atom stereocenters. The molecule has 4 rings (SSSR count). The molecule has 33 heavy (non-hydrogen) atoms. The Hall–Kier alpha value is -2.36. The van der Waals surface area contributed by atoms with Gasteiger partial charge in [0.15, 0.2) is 11.5 Å². The lowest BCUT2D eigenvalue weighted by molar-refractivity contribution is -0.126. The van der Waals surface area contributed by atoms with E-state index in [1.807, 2.05) is 25.1 Å². The second-order valence-corrected chi connectivity index (χ2v) is 10.6. The molecule has 2 aliphatic heterocycles. The Morgan fingerprint density at radius 3 is 2.58 bits per heavy atom. The number of halogens is 2. The summed E-state index contributed by atoms with van der Waals surface area (Å²) >= 11 is 5.99. The van der Waals surface area contributed by atoms with Gasteiger partial charge in [-0.05, 0) is 49.6 Å². The van der Waals surface area contributed by atoms with Gasteiger partial charge in [-0.25, -0.2) is 17.1 Å². The Morgan fingerprint density at radius 1 is 1.18 bits per heavy atom. The molecule has 1 saturated heterocycles. The zero-order valence-electron chi connectivity index (χ0n) is 18.2. The van der Waals surface area contributed by atoms with Gasteiger partial charge in [0, 0.05) is 29.6 Å². The first-order valence-electron chi connectivity index (χ1n) is 10.9. The number of hydrogen-bond acceptors (Lipinski definition) is 5. The Balaban J connectivity index is 1.33. The quantitative estimate of drug-likeness (QED) is 0.659. The molecule has 2 heterocycles. The number of amides is 1. The van der Waals surface area contributed by atoms with Crippen molar-refractivity contribution in [2.75, 3.05) is 26.3 Å². The number of hydrogen-bond donors (Lipinski definition) is 1. The van der Waals surface area contributed by atoms with Gasteiger partial charge in [-0.1, -0.05) is 23.7 Å². The summed E-state index contributed by atoms with van der Waals surface area (Å²) in [5.41, 5.74) is 0.863. The third-order valence-electron chi connectivity index (χ3n) is 6.03. The van der Waals surface area contributed by atoms with E-state index < -0.39 is 21.6 Å². The van der Waals surface area contributed by atoms with Crippen molar-refractivity contribution in [1.82, 2.24) is 9.62 Å². The van der Waals surface area contributed by atoms with Crippen molar-refractivity contribution in [1.29, 1.82) is 0 Å². The van der Waals surface area contributed by atoms with Crippen LogP contribution in [0.5, 0.6) is 11.5 Å². The monoisotopic (exact) mass is 496 g/mol. The minimum absolute atomic E-state index is 0.0349. The van der Waals surface area contributed by atoms with E-state index in [9.17, 15) is 17.6 Å². The number of carbonyl (C=O) groups excluding carboxylic acids is 1. The third-order valence-corrected chi connectivity index (χ3v) is 8.19. The van der Waals surface area contributed by atoms with Crippen LogP contribution in [0.15, 0.2) is 36.4 Å². The standard InChI is InChI=1S/C23H26ClFN2O5S/c1-15(17-5-6-21-22(13-17)32-12-11-31-21)26-23(28)16-7-9-27(10-8-16)33(29,30)14-18-19(24)3-2-4-20(18)25/h2-6,13,15-16H,7-12,14H2,1H3,(H,26,28). The second-order valence-electron chi connectivity index (χ2n) is 8.26. The Morgan fingerprint density at radius 2 is 1.88 bits per heavy atom. The van der Waals surface area contributed by atoms with Crippen LogP contribution in [-0.4, -0.2) is 44.9 Å². The maximum Gasteiger partial charge on any atom is 0.223 e. The van der Waals surface area contributed by atoms with Crippen LogP contribution in [0.25, 0.3) is 0 Å². The maximum absolute atomic E-state index is 14.0. The molecule has 2 aromatic carbocycles. The molecule has 7 nitrogen and oxygen atoms in total. The van der Waals surface area contributed by atoms with Gasteiger partial charge >= 0.3 is 0 Å². The number of ether oxygens (including phenoxy) is 2.